The van der Waals surface area contributed by atoms with E-state index in [4.69, 9.17) is 9.47 Å². The maximum atomic E-state index is 5.36. The highest BCUT2D eigenvalue weighted by Crippen LogP contribution is 2.22. The Kier molecular flexibility index (Phi) is 4.78. The van der Waals surface area contributed by atoms with Crippen LogP contribution in [0.5, 0.6) is 11.5 Å². The zero-order valence-corrected chi connectivity index (χ0v) is 13.4. The van der Waals surface area contributed by atoms with Gasteiger partial charge in [-0.25, -0.2) is 0 Å². The molecule has 0 atom stereocenters. The number of hydrogen-bond acceptors (Lipinski definition) is 4. The number of hydrogen-bond donors (Lipinski definition) is 2. The highest BCUT2D eigenvalue weighted by Gasteiger charge is 2.07. The van der Waals surface area contributed by atoms with Crippen LogP contribution in [0.25, 0.3) is 10.9 Å². The van der Waals surface area contributed by atoms with Crippen LogP contribution in [0.15, 0.2) is 42.5 Å². The molecule has 3 rings (SSSR count). The van der Waals surface area contributed by atoms with E-state index in [0.29, 0.717) is 0 Å². The fourth-order valence-electron chi connectivity index (χ4n) is 2.65. The second kappa shape index (κ2) is 7.15. The summed E-state index contributed by atoms with van der Waals surface area (Å²) in [6, 6.07) is 14.0. The van der Waals surface area contributed by atoms with Gasteiger partial charge >= 0.3 is 0 Å². The number of aromatic nitrogens is 2. The minimum absolute atomic E-state index is 0.777. The molecule has 2 aromatic carbocycles. The molecule has 0 bridgehead atoms. The minimum Gasteiger partial charge on any atom is -0.497 e. The van der Waals surface area contributed by atoms with Gasteiger partial charge in [0.1, 0.15) is 11.5 Å². The van der Waals surface area contributed by atoms with Gasteiger partial charge in [-0.05, 0) is 24.3 Å². The Hall–Kier alpha value is -2.53. The van der Waals surface area contributed by atoms with Crippen molar-refractivity contribution in [2.24, 2.45) is 0 Å². The average Bonchev–Trinajstić information content (AvgIpc) is 3.01. The Balaban J connectivity index is 1.60. The van der Waals surface area contributed by atoms with E-state index in [1.807, 2.05) is 36.4 Å². The molecule has 0 fully saturated rings. The zero-order valence-electron chi connectivity index (χ0n) is 13.4. The van der Waals surface area contributed by atoms with E-state index in [1.54, 1.807) is 14.2 Å². The third-order valence-corrected chi connectivity index (χ3v) is 3.90. The summed E-state index contributed by atoms with van der Waals surface area (Å²) in [6.07, 6.45) is 0.874. The molecule has 0 aliphatic heterocycles. The lowest BCUT2D eigenvalue weighted by Crippen LogP contribution is -2.17. The van der Waals surface area contributed by atoms with Crippen LogP contribution < -0.4 is 14.8 Å². The molecule has 5 heteroatoms. The molecule has 1 heterocycles. The van der Waals surface area contributed by atoms with Crippen molar-refractivity contribution >= 4 is 10.9 Å². The van der Waals surface area contributed by atoms with Crippen molar-refractivity contribution in [3.63, 3.8) is 0 Å². The molecule has 0 amide bonds. The molecule has 23 heavy (non-hydrogen) atoms. The molecule has 0 spiro atoms. The first-order valence-corrected chi connectivity index (χ1v) is 7.65. The van der Waals surface area contributed by atoms with Gasteiger partial charge in [0.05, 0.1) is 19.7 Å². The predicted molar refractivity (Wildman–Crippen MR) is 91.1 cm³/mol. The zero-order chi connectivity index (χ0) is 16.1. The molecule has 0 saturated carbocycles. The summed E-state index contributed by atoms with van der Waals surface area (Å²) < 4.78 is 10.6. The predicted octanol–water partition coefficient (Wildman–Crippen LogP) is 2.91. The largest absolute Gasteiger partial charge is 0.497 e. The fraction of sp³-hybridized carbons (Fsp3) is 0.278. The highest BCUT2D eigenvalue weighted by atomic mass is 16.5. The number of fused-ring (bicyclic) bond motifs is 1. The van der Waals surface area contributed by atoms with Crippen molar-refractivity contribution in [1.29, 1.82) is 0 Å². The Labute approximate surface area is 135 Å². The van der Waals surface area contributed by atoms with Crippen LogP contribution in [0.4, 0.5) is 0 Å². The van der Waals surface area contributed by atoms with Crippen molar-refractivity contribution in [1.82, 2.24) is 15.5 Å². The SMILES string of the molecule is COc1ccc2n[nH]c(CCNCc3ccccc3OC)c2c1. The van der Waals surface area contributed by atoms with Gasteiger partial charge in [-0.3, -0.25) is 5.10 Å². The number of ether oxygens (including phenoxy) is 2. The maximum absolute atomic E-state index is 5.36. The number of nitrogens with zero attached hydrogens (tertiary/aromatic N) is 1. The highest BCUT2D eigenvalue weighted by molar-refractivity contribution is 5.82. The summed E-state index contributed by atoms with van der Waals surface area (Å²) in [5, 5.41) is 12.0. The van der Waals surface area contributed by atoms with E-state index in [-0.39, 0.29) is 0 Å². The summed E-state index contributed by atoms with van der Waals surface area (Å²) >= 11 is 0. The number of methoxy groups -OCH3 is 2. The first kappa shape index (κ1) is 15.4. The maximum Gasteiger partial charge on any atom is 0.123 e. The number of benzene rings is 2. The van der Waals surface area contributed by atoms with Gasteiger partial charge in [-0.15, -0.1) is 0 Å². The number of rotatable bonds is 7. The number of H-pyrrole nitrogens is 1. The first-order chi connectivity index (χ1) is 11.3. The van der Waals surface area contributed by atoms with E-state index in [9.17, 15) is 0 Å². The van der Waals surface area contributed by atoms with Crippen molar-refractivity contribution in [3.05, 3.63) is 53.7 Å². The van der Waals surface area contributed by atoms with Crippen LogP contribution in [-0.2, 0) is 13.0 Å². The molecule has 0 radical (unpaired) electrons. The molecule has 2 N–H and O–H groups in total. The monoisotopic (exact) mass is 311 g/mol. The van der Waals surface area contributed by atoms with E-state index >= 15 is 0 Å². The van der Waals surface area contributed by atoms with Crippen LogP contribution >= 0.6 is 0 Å². The molecule has 5 nitrogen and oxygen atoms in total. The normalized spacial score (nSPS) is 10.9. The smallest absolute Gasteiger partial charge is 0.123 e. The van der Waals surface area contributed by atoms with Gasteiger partial charge in [0.15, 0.2) is 0 Å². The van der Waals surface area contributed by atoms with Crippen molar-refractivity contribution in [3.8, 4) is 11.5 Å². The lowest BCUT2D eigenvalue weighted by molar-refractivity contribution is 0.408. The lowest BCUT2D eigenvalue weighted by Gasteiger charge is -2.09. The van der Waals surface area contributed by atoms with Gasteiger partial charge in [-0.2, -0.15) is 5.10 Å². The van der Waals surface area contributed by atoms with Gasteiger partial charge in [0.25, 0.3) is 0 Å². The quantitative estimate of drug-likeness (QED) is 0.659. The van der Waals surface area contributed by atoms with Gasteiger partial charge in [0, 0.05) is 36.2 Å². The topological polar surface area (TPSA) is 59.2 Å². The summed E-state index contributed by atoms with van der Waals surface area (Å²) in [6.45, 7) is 1.63. The van der Waals surface area contributed by atoms with Crippen LogP contribution in [0.1, 0.15) is 11.3 Å². The second-order valence-electron chi connectivity index (χ2n) is 5.32. The van der Waals surface area contributed by atoms with Crippen molar-refractivity contribution < 1.29 is 9.47 Å². The van der Waals surface area contributed by atoms with Crippen molar-refractivity contribution in [2.75, 3.05) is 20.8 Å². The van der Waals surface area contributed by atoms with E-state index < -0.39 is 0 Å². The Bertz CT molecular complexity index is 783. The van der Waals surface area contributed by atoms with E-state index in [0.717, 1.165) is 53.2 Å². The van der Waals surface area contributed by atoms with Crippen LogP contribution in [0, 0.1) is 0 Å². The average molecular weight is 311 g/mol. The second-order valence-corrected chi connectivity index (χ2v) is 5.32. The third kappa shape index (κ3) is 3.46. The lowest BCUT2D eigenvalue weighted by atomic mass is 10.1. The van der Waals surface area contributed by atoms with Crippen molar-refractivity contribution in [2.45, 2.75) is 13.0 Å². The minimum atomic E-state index is 0.777. The third-order valence-electron chi connectivity index (χ3n) is 3.90. The fourth-order valence-corrected chi connectivity index (χ4v) is 2.65. The van der Waals surface area contributed by atoms with Crippen LogP contribution in [0.2, 0.25) is 0 Å². The summed E-state index contributed by atoms with van der Waals surface area (Å²) in [4.78, 5) is 0. The molecule has 1 aromatic heterocycles. The molecule has 0 unspecified atom stereocenters. The molecular formula is C18H21N3O2. The molecule has 3 aromatic rings. The summed E-state index contributed by atoms with van der Waals surface area (Å²) in [7, 11) is 3.37. The van der Waals surface area contributed by atoms with Gasteiger partial charge in [-0.1, -0.05) is 18.2 Å². The molecule has 0 saturated heterocycles. The first-order valence-electron chi connectivity index (χ1n) is 7.65. The molecule has 120 valence electrons. The standard InChI is InChI=1S/C18H21N3O2/c1-22-14-7-8-16-15(11-14)17(21-20-16)9-10-19-12-13-5-3-4-6-18(13)23-2/h3-8,11,19H,9-10,12H2,1-2H3,(H,20,21). The molecular weight excluding hydrogens is 290 g/mol. The van der Waals surface area contributed by atoms with Gasteiger partial charge in [0.2, 0.25) is 0 Å². The Morgan fingerprint density at radius 2 is 1.96 bits per heavy atom. The molecule has 0 aliphatic carbocycles. The Morgan fingerprint density at radius 1 is 1.09 bits per heavy atom. The Morgan fingerprint density at radius 3 is 2.78 bits per heavy atom. The summed E-state index contributed by atoms with van der Waals surface area (Å²) in [5.74, 6) is 1.76. The number of para-hydroxylation sites is 1. The van der Waals surface area contributed by atoms with Crippen LogP contribution in [-0.4, -0.2) is 31.0 Å². The molecule has 0 aliphatic rings. The van der Waals surface area contributed by atoms with E-state index in [1.165, 1.54) is 0 Å². The number of aromatic amines is 1. The van der Waals surface area contributed by atoms with Crippen LogP contribution in [0.3, 0.4) is 0 Å². The number of nitrogens with one attached hydrogen (secondary N) is 2. The summed E-state index contributed by atoms with van der Waals surface area (Å²) in [5.41, 5.74) is 3.24. The van der Waals surface area contributed by atoms with Gasteiger partial charge < -0.3 is 14.8 Å². The van der Waals surface area contributed by atoms with E-state index in [2.05, 4.69) is 21.6 Å².